The molecule has 1 aliphatic heterocycles. The van der Waals surface area contributed by atoms with Crippen molar-refractivity contribution in [3.05, 3.63) is 0 Å². The SMILES string of the molecule is O=C([O-])C1CCCCC1C1=NC2CCCCC2O1. The van der Waals surface area contributed by atoms with Gasteiger partial charge >= 0.3 is 0 Å². The number of carboxylic acids is 1. The summed E-state index contributed by atoms with van der Waals surface area (Å²) in [6.07, 6.45) is 8.47. The third-order valence-electron chi connectivity index (χ3n) is 4.62. The molecular weight excluding hydrogens is 230 g/mol. The Morgan fingerprint density at radius 2 is 1.83 bits per heavy atom. The summed E-state index contributed by atoms with van der Waals surface area (Å²) in [6.45, 7) is 0. The summed E-state index contributed by atoms with van der Waals surface area (Å²) >= 11 is 0. The highest BCUT2D eigenvalue weighted by atomic mass is 16.5. The van der Waals surface area contributed by atoms with Crippen LogP contribution >= 0.6 is 0 Å². The van der Waals surface area contributed by atoms with Crippen molar-refractivity contribution in [1.82, 2.24) is 0 Å². The number of nitrogens with zero attached hydrogens (tertiary/aromatic N) is 1. The topological polar surface area (TPSA) is 61.7 Å². The molecule has 2 saturated carbocycles. The molecule has 2 aliphatic carbocycles. The van der Waals surface area contributed by atoms with Gasteiger partial charge in [0.25, 0.3) is 0 Å². The van der Waals surface area contributed by atoms with E-state index in [-0.39, 0.29) is 18.1 Å². The molecule has 4 atom stereocenters. The Morgan fingerprint density at radius 1 is 1.11 bits per heavy atom. The lowest BCUT2D eigenvalue weighted by molar-refractivity contribution is -0.313. The number of fused-ring (bicyclic) bond motifs is 1. The minimum Gasteiger partial charge on any atom is -0.550 e. The normalized spacial score (nSPS) is 39.7. The van der Waals surface area contributed by atoms with Crippen LogP contribution in [0.15, 0.2) is 4.99 Å². The fourth-order valence-electron chi connectivity index (χ4n) is 3.60. The van der Waals surface area contributed by atoms with Gasteiger partial charge in [0.15, 0.2) is 5.90 Å². The maximum absolute atomic E-state index is 11.2. The molecule has 4 heteroatoms. The Bertz CT molecular complexity index is 366. The molecule has 0 N–H and O–H groups in total. The van der Waals surface area contributed by atoms with E-state index >= 15 is 0 Å². The molecule has 0 spiro atoms. The summed E-state index contributed by atoms with van der Waals surface area (Å²) in [7, 11) is 0. The van der Waals surface area contributed by atoms with Gasteiger partial charge < -0.3 is 14.6 Å². The standard InChI is InChI=1S/C14H21NO3/c16-14(17)10-6-2-1-5-9(10)13-15-11-7-3-4-8-12(11)18-13/h9-12H,1-8H2,(H,16,17)/p-1. The first-order chi connectivity index (χ1) is 8.75. The average Bonchev–Trinajstić information content (AvgIpc) is 2.82. The molecule has 100 valence electrons. The van der Waals surface area contributed by atoms with Gasteiger partial charge in [-0.1, -0.05) is 19.3 Å². The molecule has 0 radical (unpaired) electrons. The van der Waals surface area contributed by atoms with Crippen molar-refractivity contribution in [2.45, 2.75) is 63.5 Å². The molecule has 3 rings (SSSR count). The van der Waals surface area contributed by atoms with Gasteiger partial charge in [0, 0.05) is 17.8 Å². The van der Waals surface area contributed by atoms with Crippen LogP contribution in [-0.4, -0.2) is 24.0 Å². The van der Waals surface area contributed by atoms with E-state index in [9.17, 15) is 9.90 Å². The van der Waals surface area contributed by atoms with E-state index in [1.54, 1.807) is 0 Å². The molecule has 4 unspecified atom stereocenters. The summed E-state index contributed by atoms with van der Waals surface area (Å²) in [5.41, 5.74) is 0. The molecule has 1 heterocycles. The van der Waals surface area contributed by atoms with Crippen molar-refractivity contribution in [3.8, 4) is 0 Å². The predicted molar refractivity (Wildman–Crippen MR) is 65.0 cm³/mol. The lowest BCUT2D eigenvalue weighted by atomic mass is 9.79. The van der Waals surface area contributed by atoms with E-state index < -0.39 is 11.9 Å². The molecule has 0 aromatic rings. The third-order valence-corrected chi connectivity index (χ3v) is 4.62. The molecule has 0 bridgehead atoms. The lowest BCUT2D eigenvalue weighted by Crippen LogP contribution is -2.41. The fraction of sp³-hybridized carbons (Fsp3) is 0.857. The second-order valence-corrected chi connectivity index (χ2v) is 5.79. The highest BCUT2D eigenvalue weighted by molar-refractivity contribution is 5.85. The molecule has 18 heavy (non-hydrogen) atoms. The van der Waals surface area contributed by atoms with Crippen LogP contribution in [0.25, 0.3) is 0 Å². The van der Waals surface area contributed by atoms with Crippen LogP contribution in [0, 0.1) is 11.8 Å². The molecule has 0 amide bonds. The van der Waals surface area contributed by atoms with Crippen LogP contribution in [-0.2, 0) is 9.53 Å². The van der Waals surface area contributed by atoms with Gasteiger partial charge in [0.05, 0.1) is 6.04 Å². The molecular formula is C14H20NO3-. The Morgan fingerprint density at radius 3 is 2.61 bits per heavy atom. The zero-order chi connectivity index (χ0) is 12.5. The molecule has 0 aromatic carbocycles. The van der Waals surface area contributed by atoms with Crippen LogP contribution in [0.3, 0.4) is 0 Å². The molecule has 0 saturated heterocycles. The van der Waals surface area contributed by atoms with Gasteiger partial charge in [-0.2, -0.15) is 0 Å². The van der Waals surface area contributed by atoms with Crippen LogP contribution in [0.4, 0.5) is 0 Å². The maximum Gasteiger partial charge on any atom is 0.187 e. The molecule has 4 nitrogen and oxygen atoms in total. The smallest absolute Gasteiger partial charge is 0.187 e. The summed E-state index contributed by atoms with van der Waals surface area (Å²) < 4.78 is 5.94. The van der Waals surface area contributed by atoms with E-state index in [0.29, 0.717) is 6.42 Å². The van der Waals surface area contributed by atoms with Crippen LogP contribution in [0.1, 0.15) is 51.4 Å². The van der Waals surface area contributed by atoms with Gasteiger partial charge in [-0.05, 0) is 32.1 Å². The Kier molecular flexibility index (Phi) is 3.27. The molecule has 2 fully saturated rings. The number of hydrogen-bond acceptors (Lipinski definition) is 4. The minimum absolute atomic E-state index is 0.0330. The summed E-state index contributed by atoms with van der Waals surface area (Å²) in [4.78, 5) is 15.9. The van der Waals surface area contributed by atoms with Crippen LogP contribution < -0.4 is 5.11 Å². The van der Waals surface area contributed by atoms with E-state index in [1.165, 1.54) is 12.8 Å². The monoisotopic (exact) mass is 250 g/mol. The number of aliphatic imine (C=N–C) groups is 1. The number of ether oxygens (including phenoxy) is 1. The van der Waals surface area contributed by atoms with Gasteiger partial charge in [-0.15, -0.1) is 0 Å². The molecule has 3 aliphatic rings. The predicted octanol–water partition coefficient (Wildman–Crippen LogP) is 1.28. The number of hydrogen-bond donors (Lipinski definition) is 0. The van der Waals surface area contributed by atoms with Crippen molar-refractivity contribution in [3.63, 3.8) is 0 Å². The van der Waals surface area contributed by atoms with Crippen LogP contribution in [0.5, 0.6) is 0 Å². The van der Waals surface area contributed by atoms with Gasteiger partial charge in [-0.3, -0.25) is 0 Å². The second kappa shape index (κ2) is 4.90. The van der Waals surface area contributed by atoms with Crippen molar-refractivity contribution < 1.29 is 14.6 Å². The van der Waals surface area contributed by atoms with E-state index in [2.05, 4.69) is 4.99 Å². The minimum atomic E-state index is -0.930. The first kappa shape index (κ1) is 12.0. The third kappa shape index (κ3) is 2.13. The first-order valence-electron chi connectivity index (χ1n) is 7.21. The van der Waals surface area contributed by atoms with Crippen molar-refractivity contribution >= 4 is 11.9 Å². The summed E-state index contributed by atoms with van der Waals surface area (Å²) in [5.74, 6) is -0.631. The van der Waals surface area contributed by atoms with E-state index in [0.717, 1.165) is 38.0 Å². The fourth-order valence-corrected chi connectivity index (χ4v) is 3.60. The lowest BCUT2D eigenvalue weighted by Gasteiger charge is -2.32. The Hall–Kier alpha value is -1.06. The van der Waals surface area contributed by atoms with Gasteiger partial charge in [0.1, 0.15) is 6.10 Å². The number of carbonyl (C=O) groups is 1. The van der Waals surface area contributed by atoms with E-state index in [4.69, 9.17) is 4.74 Å². The van der Waals surface area contributed by atoms with Gasteiger partial charge in [-0.25, -0.2) is 4.99 Å². The zero-order valence-electron chi connectivity index (χ0n) is 10.6. The number of carbonyl (C=O) groups excluding carboxylic acids is 1. The second-order valence-electron chi connectivity index (χ2n) is 5.79. The highest BCUT2D eigenvalue weighted by Gasteiger charge is 2.39. The van der Waals surface area contributed by atoms with Crippen molar-refractivity contribution in [2.75, 3.05) is 0 Å². The van der Waals surface area contributed by atoms with Crippen LogP contribution in [0.2, 0.25) is 0 Å². The zero-order valence-corrected chi connectivity index (χ0v) is 10.6. The average molecular weight is 250 g/mol. The van der Waals surface area contributed by atoms with Crippen molar-refractivity contribution in [2.24, 2.45) is 16.8 Å². The quantitative estimate of drug-likeness (QED) is 0.741. The van der Waals surface area contributed by atoms with Gasteiger partial charge in [0.2, 0.25) is 0 Å². The number of carboxylic acid groups (broad SMARTS) is 1. The first-order valence-corrected chi connectivity index (χ1v) is 7.21. The Balaban J connectivity index is 1.75. The maximum atomic E-state index is 11.2. The summed E-state index contributed by atoms with van der Waals surface area (Å²) in [6, 6.07) is 0.290. The Labute approximate surface area is 107 Å². The number of rotatable bonds is 2. The number of aliphatic carboxylic acids is 1. The highest BCUT2D eigenvalue weighted by Crippen LogP contribution is 2.36. The van der Waals surface area contributed by atoms with E-state index in [1.807, 2.05) is 0 Å². The van der Waals surface area contributed by atoms with Crippen molar-refractivity contribution in [1.29, 1.82) is 0 Å². The largest absolute Gasteiger partial charge is 0.550 e. The molecule has 0 aromatic heterocycles. The summed E-state index contributed by atoms with van der Waals surface area (Å²) in [5, 5.41) is 11.2.